The van der Waals surface area contributed by atoms with Gasteiger partial charge in [0.2, 0.25) is 0 Å². The zero-order valence-electron chi connectivity index (χ0n) is 9.69. The average Bonchev–Trinajstić information content (AvgIpc) is 3.11. The van der Waals surface area contributed by atoms with Gasteiger partial charge < -0.3 is 10.5 Å². The van der Waals surface area contributed by atoms with Crippen molar-refractivity contribution in [3.8, 4) is 5.75 Å². The zero-order valence-corrected chi connectivity index (χ0v) is 9.69. The molecule has 1 fully saturated rings. The predicted molar refractivity (Wildman–Crippen MR) is 62.9 cm³/mol. The number of ether oxygens (including phenoxy) is 1. The van der Waals surface area contributed by atoms with Crippen molar-refractivity contribution >= 4 is 5.78 Å². The Morgan fingerprint density at radius 3 is 2.69 bits per heavy atom. The predicted octanol–water partition coefficient (Wildman–Crippen LogP) is 2.10. The van der Waals surface area contributed by atoms with E-state index in [9.17, 15) is 4.79 Å². The molecule has 3 nitrogen and oxygen atoms in total. The number of hydrogen-bond donors (Lipinski definition) is 1. The molecule has 1 saturated carbocycles. The molecule has 16 heavy (non-hydrogen) atoms. The summed E-state index contributed by atoms with van der Waals surface area (Å²) in [5.74, 6) is 1.39. The summed E-state index contributed by atoms with van der Waals surface area (Å²) in [7, 11) is 1.64. The van der Waals surface area contributed by atoms with E-state index in [1.165, 1.54) is 18.4 Å². The van der Waals surface area contributed by atoms with Crippen LogP contribution in [0.3, 0.4) is 0 Å². The van der Waals surface area contributed by atoms with Crippen LogP contribution in [-0.2, 0) is 0 Å². The van der Waals surface area contributed by atoms with E-state index < -0.39 is 6.04 Å². The molecule has 86 valence electrons. The highest BCUT2D eigenvalue weighted by molar-refractivity contribution is 6.00. The van der Waals surface area contributed by atoms with Crippen molar-refractivity contribution in [3.63, 3.8) is 0 Å². The summed E-state index contributed by atoms with van der Waals surface area (Å²) >= 11 is 0. The first-order chi connectivity index (χ1) is 7.63. The Kier molecular flexibility index (Phi) is 2.97. The second-order valence-corrected chi connectivity index (χ2v) is 4.38. The SMILES string of the molecule is COc1cc(C(=O)C(C)N)ccc1C1CC1. The maximum absolute atomic E-state index is 11.7. The van der Waals surface area contributed by atoms with E-state index in [-0.39, 0.29) is 5.78 Å². The van der Waals surface area contributed by atoms with Gasteiger partial charge in [0.25, 0.3) is 0 Å². The molecule has 0 saturated heterocycles. The number of ketones is 1. The number of hydrogen-bond acceptors (Lipinski definition) is 3. The third kappa shape index (κ3) is 2.09. The summed E-state index contributed by atoms with van der Waals surface area (Å²) < 4.78 is 5.32. The normalized spacial score (nSPS) is 16.9. The van der Waals surface area contributed by atoms with Crippen molar-refractivity contribution in [2.45, 2.75) is 31.7 Å². The largest absolute Gasteiger partial charge is 0.496 e. The van der Waals surface area contributed by atoms with E-state index in [4.69, 9.17) is 10.5 Å². The molecular formula is C13H17NO2. The highest BCUT2D eigenvalue weighted by Gasteiger charge is 2.27. The van der Waals surface area contributed by atoms with Crippen LogP contribution >= 0.6 is 0 Å². The number of rotatable bonds is 4. The molecule has 0 heterocycles. The first-order valence-corrected chi connectivity index (χ1v) is 5.61. The van der Waals surface area contributed by atoms with Gasteiger partial charge in [-0.3, -0.25) is 4.79 Å². The molecule has 2 rings (SSSR count). The minimum atomic E-state index is -0.462. The molecule has 1 aliphatic rings. The third-order valence-electron chi connectivity index (χ3n) is 2.95. The topological polar surface area (TPSA) is 52.3 Å². The first-order valence-electron chi connectivity index (χ1n) is 5.61. The fourth-order valence-corrected chi connectivity index (χ4v) is 1.86. The highest BCUT2D eigenvalue weighted by atomic mass is 16.5. The summed E-state index contributed by atoms with van der Waals surface area (Å²) in [6.07, 6.45) is 2.44. The van der Waals surface area contributed by atoms with Crippen molar-refractivity contribution in [2.24, 2.45) is 5.73 Å². The van der Waals surface area contributed by atoms with Gasteiger partial charge in [0.15, 0.2) is 5.78 Å². The van der Waals surface area contributed by atoms with E-state index in [1.54, 1.807) is 20.1 Å². The van der Waals surface area contributed by atoms with Crippen LogP contribution in [0.15, 0.2) is 18.2 Å². The van der Waals surface area contributed by atoms with E-state index in [2.05, 4.69) is 0 Å². The van der Waals surface area contributed by atoms with Crippen LogP contribution in [0, 0.1) is 0 Å². The van der Waals surface area contributed by atoms with Gasteiger partial charge in [0, 0.05) is 5.56 Å². The van der Waals surface area contributed by atoms with Crippen LogP contribution in [0.5, 0.6) is 5.75 Å². The molecule has 1 atom stereocenters. The van der Waals surface area contributed by atoms with Crippen molar-refractivity contribution in [1.82, 2.24) is 0 Å². The smallest absolute Gasteiger partial charge is 0.179 e. The molecule has 0 radical (unpaired) electrons. The molecule has 0 bridgehead atoms. The van der Waals surface area contributed by atoms with Crippen molar-refractivity contribution < 1.29 is 9.53 Å². The lowest BCUT2D eigenvalue weighted by atomic mass is 10.0. The highest BCUT2D eigenvalue weighted by Crippen LogP contribution is 2.44. The monoisotopic (exact) mass is 219 g/mol. The summed E-state index contributed by atoms with van der Waals surface area (Å²) in [5.41, 5.74) is 7.43. The van der Waals surface area contributed by atoms with Crippen LogP contribution in [0.4, 0.5) is 0 Å². The fraction of sp³-hybridized carbons (Fsp3) is 0.462. The number of methoxy groups -OCH3 is 1. The lowest BCUT2D eigenvalue weighted by Crippen LogP contribution is -2.26. The van der Waals surface area contributed by atoms with E-state index in [0.717, 1.165) is 5.75 Å². The van der Waals surface area contributed by atoms with Crippen molar-refractivity contribution in [1.29, 1.82) is 0 Å². The second kappa shape index (κ2) is 4.26. The molecule has 2 N–H and O–H groups in total. The van der Waals surface area contributed by atoms with Gasteiger partial charge >= 0.3 is 0 Å². The van der Waals surface area contributed by atoms with E-state index >= 15 is 0 Å². The maximum atomic E-state index is 11.7. The van der Waals surface area contributed by atoms with Crippen molar-refractivity contribution in [2.75, 3.05) is 7.11 Å². The summed E-state index contributed by atoms with van der Waals surface area (Å²) in [5, 5.41) is 0. The van der Waals surface area contributed by atoms with Crippen LogP contribution < -0.4 is 10.5 Å². The lowest BCUT2D eigenvalue weighted by molar-refractivity contribution is 0.0967. The Morgan fingerprint density at radius 1 is 1.50 bits per heavy atom. The fourth-order valence-electron chi connectivity index (χ4n) is 1.86. The van der Waals surface area contributed by atoms with Gasteiger partial charge in [-0.15, -0.1) is 0 Å². The Hall–Kier alpha value is -1.35. The average molecular weight is 219 g/mol. The molecule has 1 aromatic carbocycles. The van der Waals surface area contributed by atoms with Crippen LogP contribution in [0.2, 0.25) is 0 Å². The minimum absolute atomic E-state index is 0.0411. The van der Waals surface area contributed by atoms with Crippen molar-refractivity contribution in [3.05, 3.63) is 29.3 Å². The molecule has 0 aromatic heterocycles. The zero-order chi connectivity index (χ0) is 11.7. The molecule has 1 aliphatic carbocycles. The van der Waals surface area contributed by atoms with Crippen LogP contribution in [-0.4, -0.2) is 18.9 Å². The van der Waals surface area contributed by atoms with Gasteiger partial charge in [-0.2, -0.15) is 0 Å². The Balaban J connectivity index is 2.32. The van der Waals surface area contributed by atoms with Gasteiger partial charge in [-0.05, 0) is 37.3 Å². The van der Waals surface area contributed by atoms with Gasteiger partial charge in [0.1, 0.15) is 5.75 Å². The standard InChI is InChI=1S/C13H17NO2/c1-8(14)13(15)10-5-6-11(9-3-4-9)12(7-10)16-2/h5-9H,3-4,14H2,1-2H3. The number of nitrogens with two attached hydrogens (primary N) is 1. The number of Topliss-reactive ketones (excluding diaryl/α,β-unsaturated/α-hetero) is 1. The summed E-state index contributed by atoms with van der Waals surface area (Å²) in [6, 6.07) is 5.18. The van der Waals surface area contributed by atoms with Gasteiger partial charge in [0.05, 0.1) is 13.2 Å². The lowest BCUT2D eigenvalue weighted by Gasteiger charge is -2.10. The quantitative estimate of drug-likeness (QED) is 0.789. The first kappa shape index (κ1) is 11.1. The van der Waals surface area contributed by atoms with E-state index in [1.807, 2.05) is 12.1 Å². The Morgan fingerprint density at radius 2 is 2.19 bits per heavy atom. The second-order valence-electron chi connectivity index (χ2n) is 4.38. The molecule has 3 heteroatoms. The Bertz CT molecular complexity index is 408. The molecule has 0 amide bonds. The third-order valence-corrected chi connectivity index (χ3v) is 2.95. The number of carbonyl (C=O) groups is 1. The minimum Gasteiger partial charge on any atom is -0.496 e. The van der Waals surface area contributed by atoms with Crippen LogP contribution in [0.25, 0.3) is 0 Å². The molecular weight excluding hydrogens is 202 g/mol. The number of benzene rings is 1. The molecule has 0 spiro atoms. The summed E-state index contributed by atoms with van der Waals surface area (Å²) in [6.45, 7) is 1.70. The molecule has 1 unspecified atom stereocenters. The summed E-state index contributed by atoms with van der Waals surface area (Å²) in [4.78, 5) is 11.7. The van der Waals surface area contributed by atoms with Crippen LogP contribution in [0.1, 0.15) is 41.6 Å². The molecule has 1 aromatic rings. The van der Waals surface area contributed by atoms with Gasteiger partial charge in [-0.1, -0.05) is 12.1 Å². The van der Waals surface area contributed by atoms with E-state index in [0.29, 0.717) is 11.5 Å². The molecule has 0 aliphatic heterocycles. The maximum Gasteiger partial charge on any atom is 0.179 e. The Labute approximate surface area is 95.6 Å². The number of carbonyl (C=O) groups excluding carboxylic acids is 1. The van der Waals surface area contributed by atoms with Gasteiger partial charge in [-0.25, -0.2) is 0 Å².